The number of allylic oxidation sites excluding steroid dienone is 3. The van der Waals surface area contributed by atoms with E-state index in [1.807, 2.05) is 0 Å². The van der Waals surface area contributed by atoms with Gasteiger partial charge in [-0.1, -0.05) is 87.5 Å². The molecule has 2 aromatic carbocycles. The third-order valence-corrected chi connectivity index (χ3v) is 4.71. The van der Waals surface area contributed by atoms with Gasteiger partial charge >= 0.3 is 0 Å². The first-order chi connectivity index (χ1) is 11.9. The van der Waals surface area contributed by atoms with Crippen molar-refractivity contribution in [2.45, 2.75) is 33.7 Å². The molecule has 25 heavy (non-hydrogen) atoms. The predicted molar refractivity (Wildman–Crippen MR) is 109 cm³/mol. The van der Waals surface area contributed by atoms with Gasteiger partial charge < -0.3 is 5.32 Å². The van der Waals surface area contributed by atoms with Crippen LogP contribution in [0, 0.1) is 5.41 Å². The standard InChI is InChI=1S/C24H27N/c1-17(2)21-13-11-19(18-9-7-6-8-10-18)15-22(21)23-14-12-20(16-25-23)24(3,4)5/h6-16,23,25H,1H2,2-5H3. The van der Waals surface area contributed by atoms with Gasteiger partial charge in [0, 0.05) is 6.20 Å². The SMILES string of the molecule is C=C(C)c1ccc(-c2ccccc2)cc1C1C=CC(C(C)(C)C)=CN1. The fraction of sp³-hybridized carbons (Fsp3) is 0.250. The van der Waals surface area contributed by atoms with E-state index < -0.39 is 0 Å². The van der Waals surface area contributed by atoms with Crippen LogP contribution in [-0.4, -0.2) is 0 Å². The van der Waals surface area contributed by atoms with Gasteiger partial charge in [-0.3, -0.25) is 0 Å². The van der Waals surface area contributed by atoms with Crippen LogP contribution in [0.1, 0.15) is 44.9 Å². The molecule has 1 N–H and O–H groups in total. The number of dihydropyridines is 1. The normalized spacial score (nSPS) is 17.0. The summed E-state index contributed by atoms with van der Waals surface area (Å²) in [5, 5.41) is 3.58. The summed E-state index contributed by atoms with van der Waals surface area (Å²) < 4.78 is 0. The second kappa shape index (κ2) is 6.76. The predicted octanol–water partition coefficient (Wildman–Crippen LogP) is 6.52. The van der Waals surface area contributed by atoms with Gasteiger partial charge in [-0.05, 0) is 46.2 Å². The van der Waals surface area contributed by atoms with E-state index in [1.54, 1.807) is 0 Å². The summed E-state index contributed by atoms with van der Waals surface area (Å²) in [5.74, 6) is 0. The molecule has 0 spiro atoms. The minimum atomic E-state index is 0.150. The zero-order chi connectivity index (χ0) is 18.0. The van der Waals surface area contributed by atoms with E-state index in [0.29, 0.717) is 0 Å². The van der Waals surface area contributed by atoms with Crippen molar-refractivity contribution >= 4 is 5.57 Å². The van der Waals surface area contributed by atoms with Crippen LogP contribution in [0.15, 0.2) is 79.0 Å². The molecule has 3 rings (SSSR count). The van der Waals surface area contributed by atoms with Crippen molar-refractivity contribution < 1.29 is 0 Å². The fourth-order valence-corrected chi connectivity index (χ4v) is 3.16. The minimum absolute atomic E-state index is 0.150. The van der Waals surface area contributed by atoms with Crippen LogP contribution in [0.25, 0.3) is 16.7 Å². The van der Waals surface area contributed by atoms with E-state index >= 15 is 0 Å². The molecule has 1 nitrogen and oxygen atoms in total. The monoisotopic (exact) mass is 329 g/mol. The van der Waals surface area contributed by atoms with Gasteiger partial charge in [-0.15, -0.1) is 0 Å². The molecule has 128 valence electrons. The number of benzene rings is 2. The lowest BCUT2D eigenvalue weighted by molar-refractivity contribution is 0.505. The molecule has 1 unspecified atom stereocenters. The van der Waals surface area contributed by atoms with E-state index in [0.717, 1.165) is 5.57 Å². The molecule has 1 aliphatic rings. The molecule has 0 saturated carbocycles. The Morgan fingerprint density at radius 2 is 1.72 bits per heavy atom. The molecular weight excluding hydrogens is 302 g/mol. The Labute approximate surface area is 151 Å². The zero-order valence-corrected chi connectivity index (χ0v) is 15.6. The minimum Gasteiger partial charge on any atom is -0.380 e. The molecule has 0 amide bonds. The molecule has 2 aromatic rings. The maximum absolute atomic E-state index is 4.17. The van der Waals surface area contributed by atoms with Crippen molar-refractivity contribution in [3.8, 4) is 11.1 Å². The Balaban J connectivity index is 1.99. The van der Waals surface area contributed by atoms with Gasteiger partial charge in [-0.25, -0.2) is 0 Å². The molecule has 1 atom stereocenters. The van der Waals surface area contributed by atoms with Crippen molar-refractivity contribution in [2.24, 2.45) is 5.41 Å². The van der Waals surface area contributed by atoms with Crippen molar-refractivity contribution in [3.63, 3.8) is 0 Å². The van der Waals surface area contributed by atoms with Crippen LogP contribution in [0.5, 0.6) is 0 Å². The second-order valence-corrected chi connectivity index (χ2v) is 7.80. The Morgan fingerprint density at radius 3 is 2.28 bits per heavy atom. The van der Waals surface area contributed by atoms with Crippen LogP contribution in [0.3, 0.4) is 0 Å². The van der Waals surface area contributed by atoms with Gasteiger partial charge in [0.25, 0.3) is 0 Å². The molecule has 0 bridgehead atoms. The second-order valence-electron chi connectivity index (χ2n) is 7.80. The maximum atomic E-state index is 4.17. The quantitative estimate of drug-likeness (QED) is 0.676. The molecular formula is C24H27N. The van der Waals surface area contributed by atoms with E-state index in [9.17, 15) is 0 Å². The van der Waals surface area contributed by atoms with Crippen LogP contribution < -0.4 is 5.32 Å². The Bertz CT molecular complexity index is 832. The first-order valence-electron chi connectivity index (χ1n) is 8.86. The zero-order valence-electron chi connectivity index (χ0n) is 15.6. The summed E-state index contributed by atoms with van der Waals surface area (Å²) in [6, 6.07) is 17.4. The molecule has 1 aliphatic heterocycles. The molecule has 0 radical (unpaired) electrons. The highest BCUT2D eigenvalue weighted by Gasteiger charge is 2.20. The van der Waals surface area contributed by atoms with Crippen LogP contribution >= 0.6 is 0 Å². The molecule has 0 saturated heterocycles. The highest BCUT2D eigenvalue weighted by Crippen LogP contribution is 2.34. The molecule has 1 heteroatoms. The number of nitrogens with one attached hydrogen (secondary N) is 1. The molecule has 0 fully saturated rings. The largest absolute Gasteiger partial charge is 0.380 e. The number of hydrogen-bond donors (Lipinski definition) is 1. The van der Waals surface area contributed by atoms with E-state index in [-0.39, 0.29) is 11.5 Å². The Hall–Kier alpha value is -2.54. The lowest BCUT2D eigenvalue weighted by Gasteiger charge is -2.27. The Morgan fingerprint density at radius 1 is 1.00 bits per heavy atom. The van der Waals surface area contributed by atoms with E-state index in [1.165, 1.54) is 27.8 Å². The lowest BCUT2D eigenvalue weighted by Crippen LogP contribution is -2.22. The van der Waals surface area contributed by atoms with Gasteiger partial charge in [0.2, 0.25) is 0 Å². The first kappa shape index (κ1) is 17.3. The van der Waals surface area contributed by atoms with Gasteiger partial charge in [0.15, 0.2) is 0 Å². The van der Waals surface area contributed by atoms with Crippen LogP contribution in [-0.2, 0) is 0 Å². The highest BCUT2D eigenvalue weighted by molar-refractivity contribution is 5.72. The summed E-state index contributed by atoms with van der Waals surface area (Å²) in [5.41, 5.74) is 7.53. The summed E-state index contributed by atoms with van der Waals surface area (Å²) in [6.45, 7) is 13.0. The lowest BCUT2D eigenvalue weighted by atomic mass is 9.84. The highest BCUT2D eigenvalue weighted by atomic mass is 14.9. The fourth-order valence-electron chi connectivity index (χ4n) is 3.16. The van der Waals surface area contributed by atoms with Crippen molar-refractivity contribution in [2.75, 3.05) is 0 Å². The maximum Gasteiger partial charge on any atom is 0.0702 e. The third-order valence-electron chi connectivity index (χ3n) is 4.71. The third kappa shape index (κ3) is 3.76. The number of hydrogen-bond acceptors (Lipinski definition) is 1. The van der Waals surface area contributed by atoms with Crippen molar-refractivity contribution in [3.05, 3.63) is 90.2 Å². The topological polar surface area (TPSA) is 12.0 Å². The van der Waals surface area contributed by atoms with Crippen molar-refractivity contribution in [1.82, 2.24) is 5.32 Å². The van der Waals surface area contributed by atoms with E-state index in [2.05, 4.69) is 106 Å². The average molecular weight is 329 g/mol. The molecule has 0 aliphatic carbocycles. The van der Waals surface area contributed by atoms with Gasteiger partial charge in [0.05, 0.1) is 6.04 Å². The average Bonchev–Trinajstić information content (AvgIpc) is 2.61. The van der Waals surface area contributed by atoms with Crippen LogP contribution in [0.4, 0.5) is 0 Å². The van der Waals surface area contributed by atoms with Gasteiger partial charge in [0.1, 0.15) is 0 Å². The smallest absolute Gasteiger partial charge is 0.0702 e. The summed E-state index contributed by atoms with van der Waals surface area (Å²) in [6.07, 6.45) is 6.66. The first-order valence-corrected chi connectivity index (χ1v) is 8.86. The molecule has 1 heterocycles. The summed E-state index contributed by atoms with van der Waals surface area (Å²) in [7, 11) is 0. The van der Waals surface area contributed by atoms with E-state index in [4.69, 9.17) is 0 Å². The van der Waals surface area contributed by atoms with Crippen molar-refractivity contribution in [1.29, 1.82) is 0 Å². The molecule has 0 aromatic heterocycles. The van der Waals surface area contributed by atoms with Gasteiger partial charge in [-0.2, -0.15) is 0 Å². The van der Waals surface area contributed by atoms with Crippen LogP contribution in [0.2, 0.25) is 0 Å². The number of rotatable bonds is 3. The summed E-state index contributed by atoms with van der Waals surface area (Å²) >= 11 is 0. The Kier molecular flexibility index (Phi) is 4.67. The summed E-state index contributed by atoms with van der Waals surface area (Å²) in [4.78, 5) is 0.